The quantitative estimate of drug-likeness (QED) is 0.891. The van der Waals surface area contributed by atoms with E-state index < -0.39 is 5.82 Å². The number of likely N-dealkylation sites (tertiary alicyclic amines) is 1. The monoisotopic (exact) mass is 275 g/mol. The van der Waals surface area contributed by atoms with Gasteiger partial charge in [0.15, 0.2) is 0 Å². The van der Waals surface area contributed by atoms with E-state index in [0.29, 0.717) is 19.5 Å². The second kappa shape index (κ2) is 6.49. The highest BCUT2D eigenvalue weighted by Gasteiger charge is 2.21. The largest absolute Gasteiger partial charge is 0.341 e. The van der Waals surface area contributed by atoms with Crippen LogP contribution in [0.15, 0.2) is 18.2 Å². The molecule has 1 amide bonds. The summed E-state index contributed by atoms with van der Waals surface area (Å²) in [7, 11) is 0. The van der Waals surface area contributed by atoms with Gasteiger partial charge in [-0.25, -0.2) is 4.39 Å². The van der Waals surface area contributed by atoms with Crippen LogP contribution in [0.3, 0.4) is 0 Å². The zero-order valence-electron chi connectivity index (χ0n) is 11.5. The van der Waals surface area contributed by atoms with Crippen LogP contribution in [0.4, 0.5) is 4.39 Å². The lowest BCUT2D eigenvalue weighted by molar-refractivity contribution is -0.127. The van der Waals surface area contributed by atoms with E-state index in [1.165, 1.54) is 6.07 Å². The topological polar surface area (TPSA) is 56.1 Å². The minimum atomic E-state index is -0.494. The van der Waals surface area contributed by atoms with Crippen molar-refractivity contribution in [3.8, 4) is 6.07 Å². The van der Waals surface area contributed by atoms with Crippen molar-refractivity contribution in [2.24, 2.45) is 0 Å². The molecule has 0 radical (unpaired) electrons. The molecular formula is C15H18FN3O. The highest BCUT2D eigenvalue weighted by molar-refractivity contribution is 5.78. The average Bonchev–Trinajstić information content (AvgIpc) is 2.83. The number of rotatable bonds is 5. The summed E-state index contributed by atoms with van der Waals surface area (Å²) in [5.74, 6) is -0.279. The summed E-state index contributed by atoms with van der Waals surface area (Å²) in [6, 6.07) is 6.52. The molecule has 1 unspecified atom stereocenters. The number of nitrogens with one attached hydrogen (secondary N) is 1. The van der Waals surface area contributed by atoms with Crippen LogP contribution in [-0.2, 0) is 11.3 Å². The van der Waals surface area contributed by atoms with Crippen LogP contribution < -0.4 is 5.32 Å². The molecule has 1 aromatic rings. The Balaban J connectivity index is 1.85. The Morgan fingerprint density at radius 2 is 2.35 bits per heavy atom. The molecule has 1 N–H and O–H groups in total. The number of carbonyl (C=O) groups excluding carboxylic acids is 1. The molecule has 1 atom stereocenters. The lowest BCUT2D eigenvalue weighted by Crippen LogP contribution is -2.39. The van der Waals surface area contributed by atoms with Crippen LogP contribution in [0.1, 0.15) is 30.9 Å². The Morgan fingerprint density at radius 1 is 1.55 bits per heavy atom. The summed E-state index contributed by atoms with van der Waals surface area (Å²) in [5.41, 5.74) is 0.925. The van der Waals surface area contributed by atoms with Gasteiger partial charge in [-0.15, -0.1) is 0 Å². The number of amides is 1. The first kappa shape index (κ1) is 14.5. The zero-order chi connectivity index (χ0) is 14.5. The molecule has 1 aliphatic heterocycles. The second-order valence-electron chi connectivity index (χ2n) is 5.15. The van der Waals surface area contributed by atoms with Gasteiger partial charge in [-0.3, -0.25) is 4.79 Å². The summed E-state index contributed by atoms with van der Waals surface area (Å²) in [6.07, 6.45) is 1.59. The number of halogens is 1. The lowest BCUT2D eigenvalue weighted by atomic mass is 10.1. The fourth-order valence-corrected chi connectivity index (χ4v) is 2.35. The van der Waals surface area contributed by atoms with Crippen molar-refractivity contribution in [3.63, 3.8) is 0 Å². The van der Waals surface area contributed by atoms with Crippen molar-refractivity contribution in [1.82, 2.24) is 10.2 Å². The molecule has 1 fully saturated rings. The number of nitrogens with zero attached hydrogens (tertiary/aromatic N) is 2. The molecule has 1 heterocycles. The van der Waals surface area contributed by atoms with Crippen LogP contribution in [0.5, 0.6) is 0 Å². The maximum absolute atomic E-state index is 13.2. The lowest BCUT2D eigenvalue weighted by Gasteiger charge is -2.21. The van der Waals surface area contributed by atoms with Gasteiger partial charge in [-0.05, 0) is 31.0 Å². The normalized spacial score (nSPS) is 16.2. The van der Waals surface area contributed by atoms with E-state index in [4.69, 9.17) is 5.26 Å². The van der Waals surface area contributed by atoms with Crippen molar-refractivity contribution in [1.29, 1.82) is 5.26 Å². The van der Waals surface area contributed by atoms with E-state index in [1.807, 2.05) is 17.9 Å². The molecule has 4 nitrogen and oxygen atoms in total. The molecule has 0 bridgehead atoms. The molecular weight excluding hydrogens is 257 g/mol. The van der Waals surface area contributed by atoms with Crippen molar-refractivity contribution < 1.29 is 9.18 Å². The average molecular weight is 275 g/mol. The molecule has 2 rings (SSSR count). The third-order valence-corrected chi connectivity index (χ3v) is 3.47. The van der Waals surface area contributed by atoms with Crippen LogP contribution in [0.25, 0.3) is 0 Å². The minimum absolute atomic E-state index is 0.0617. The number of carbonyl (C=O) groups is 1. The van der Waals surface area contributed by atoms with E-state index in [9.17, 15) is 9.18 Å². The first-order chi connectivity index (χ1) is 9.60. The van der Waals surface area contributed by atoms with Gasteiger partial charge in [0.2, 0.25) is 5.91 Å². The van der Waals surface area contributed by atoms with Gasteiger partial charge >= 0.3 is 0 Å². The molecule has 1 aromatic carbocycles. The molecule has 20 heavy (non-hydrogen) atoms. The third-order valence-electron chi connectivity index (χ3n) is 3.47. The maximum Gasteiger partial charge on any atom is 0.222 e. The van der Waals surface area contributed by atoms with E-state index in [-0.39, 0.29) is 17.5 Å². The molecule has 5 heteroatoms. The summed E-state index contributed by atoms with van der Waals surface area (Å²) in [6.45, 7) is 4.09. The van der Waals surface area contributed by atoms with Crippen LogP contribution >= 0.6 is 0 Å². The number of hydrogen-bond donors (Lipinski definition) is 1. The van der Waals surface area contributed by atoms with Gasteiger partial charge in [-0.2, -0.15) is 5.26 Å². The highest BCUT2D eigenvalue weighted by Crippen LogP contribution is 2.11. The molecule has 0 aliphatic carbocycles. The Kier molecular flexibility index (Phi) is 4.70. The van der Waals surface area contributed by atoms with Gasteiger partial charge in [0.1, 0.15) is 11.9 Å². The standard InChI is InChI=1S/C15H18FN3O/c1-11(10-19-6-2-3-15(19)20)18-9-12-4-5-14(16)13(7-12)8-17/h4-5,7,11,18H,2-3,6,9-10H2,1H3. The molecule has 1 aliphatic rings. The Hall–Kier alpha value is -1.93. The van der Waals surface area contributed by atoms with Gasteiger partial charge < -0.3 is 10.2 Å². The summed E-state index contributed by atoms with van der Waals surface area (Å²) < 4.78 is 13.2. The van der Waals surface area contributed by atoms with E-state index in [2.05, 4.69) is 5.32 Å². The summed E-state index contributed by atoms with van der Waals surface area (Å²) >= 11 is 0. The van der Waals surface area contributed by atoms with Gasteiger partial charge in [0.05, 0.1) is 5.56 Å². The Labute approximate surface area is 118 Å². The predicted molar refractivity (Wildman–Crippen MR) is 73.2 cm³/mol. The molecule has 0 spiro atoms. The van der Waals surface area contributed by atoms with Gasteiger partial charge in [0.25, 0.3) is 0 Å². The Morgan fingerprint density at radius 3 is 3.00 bits per heavy atom. The zero-order valence-corrected chi connectivity index (χ0v) is 11.5. The van der Waals surface area contributed by atoms with Crippen LogP contribution in [-0.4, -0.2) is 29.9 Å². The predicted octanol–water partition coefficient (Wildman–Crippen LogP) is 1.80. The SMILES string of the molecule is CC(CN1CCCC1=O)NCc1ccc(F)c(C#N)c1. The third kappa shape index (κ3) is 3.55. The fraction of sp³-hybridized carbons (Fsp3) is 0.467. The molecule has 0 saturated carbocycles. The van der Waals surface area contributed by atoms with Crippen molar-refractivity contribution in [3.05, 3.63) is 35.1 Å². The first-order valence-electron chi connectivity index (χ1n) is 6.80. The van der Waals surface area contributed by atoms with E-state index >= 15 is 0 Å². The van der Waals surface area contributed by atoms with Crippen LogP contribution in [0.2, 0.25) is 0 Å². The van der Waals surface area contributed by atoms with Crippen molar-refractivity contribution in [2.75, 3.05) is 13.1 Å². The summed E-state index contributed by atoms with van der Waals surface area (Å²) in [5, 5.41) is 12.1. The number of hydrogen-bond acceptors (Lipinski definition) is 3. The molecule has 0 aromatic heterocycles. The van der Waals surface area contributed by atoms with Gasteiger partial charge in [0, 0.05) is 32.1 Å². The fourth-order valence-electron chi connectivity index (χ4n) is 2.35. The molecule has 106 valence electrons. The van der Waals surface area contributed by atoms with E-state index in [0.717, 1.165) is 18.5 Å². The maximum atomic E-state index is 13.2. The smallest absolute Gasteiger partial charge is 0.222 e. The summed E-state index contributed by atoms with van der Waals surface area (Å²) in [4.78, 5) is 13.4. The van der Waals surface area contributed by atoms with Crippen molar-refractivity contribution in [2.45, 2.75) is 32.4 Å². The highest BCUT2D eigenvalue weighted by atomic mass is 19.1. The minimum Gasteiger partial charge on any atom is -0.341 e. The first-order valence-corrected chi connectivity index (χ1v) is 6.80. The van der Waals surface area contributed by atoms with Crippen molar-refractivity contribution >= 4 is 5.91 Å². The van der Waals surface area contributed by atoms with Crippen LogP contribution in [0, 0.1) is 17.1 Å². The number of benzene rings is 1. The van der Waals surface area contributed by atoms with E-state index in [1.54, 1.807) is 12.1 Å². The molecule has 1 saturated heterocycles. The number of nitriles is 1. The Bertz CT molecular complexity index is 538. The second-order valence-corrected chi connectivity index (χ2v) is 5.15. The van der Waals surface area contributed by atoms with Gasteiger partial charge in [-0.1, -0.05) is 6.07 Å².